The molecule has 4 rings (SSSR count). The minimum Gasteiger partial charge on any atom is -0.288 e. The molecule has 0 aliphatic rings. The molecular weight excluding hydrogens is 352 g/mol. The zero-order valence-corrected chi connectivity index (χ0v) is 15.7. The standard InChI is InChI=1S/C23H18N2OS/c1-27-23-20(21(26)17-11-5-2-6-12-17)25(19-15-9-4-10-16-19)22(24-23)18-13-7-3-8-14-18/h2-16H,1H3. The SMILES string of the molecule is CSc1nc(-c2ccccc2)n(-c2ccccc2)c1C(=O)c1ccccc1. The van der Waals surface area contributed by atoms with Crippen molar-refractivity contribution in [2.24, 2.45) is 0 Å². The average molecular weight is 370 g/mol. The van der Waals surface area contributed by atoms with Gasteiger partial charge in [0.25, 0.3) is 0 Å². The van der Waals surface area contributed by atoms with Gasteiger partial charge in [-0.1, -0.05) is 78.9 Å². The smallest absolute Gasteiger partial charge is 0.212 e. The number of hydrogen-bond acceptors (Lipinski definition) is 3. The van der Waals surface area contributed by atoms with E-state index in [4.69, 9.17) is 4.98 Å². The Bertz CT molecular complexity index is 1060. The van der Waals surface area contributed by atoms with Crippen molar-refractivity contribution < 1.29 is 4.79 Å². The van der Waals surface area contributed by atoms with Crippen LogP contribution in [0.4, 0.5) is 0 Å². The molecule has 0 atom stereocenters. The van der Waals surface area contributed by atoms with Gasteiger partial charge < -0.3 is 0 Å². The molecule has 0 saturated heterocycles. The fourth-order valence-corrected chi connectivity index (χ4v) is 3.63. The molecule has 1 heterocycles. The number of benzene rings is 3. The highest BCUT2D eigenvalue weighted by Crippen LogP contribution is 2.32. The van der Waals surface area contributed by atoms with E-state index >= 15 is 0 Å². The number of hydrogen-bond donors (Lipinski definition) is 0. The van der Waals surface area contributed by atoms with Crippen molar-refractivity contribution in [1.29, 1.82) is 0 Å². The normalized spacial score (nSPS) is 10.7. The number of ketones is 1. The van der Waals surface area contributed by atoms with Crippen LogP contribution in [0.1, 0.15) is 16.1 Å². The van der Waals surface area contributed by atoms with Crippen molar-refractivity contribution in [3.63, 3.8) is 0 Å². The van der Waals surface area contributed by atoms with Gasteiger partial charge in [-0.2, -0.15) is 0 Å². The fraction of sp³-hybridized carbons (Fsp3) is 0.0435. The van der Waals surface area contributed by atoms with Crippen molar-refractivity contribution in [3.05, 3.63) is 102 Å². The highest BCUT2D eigenvalue weighted by atomic mass is 32.2. The fourth-order valence-electron chi connectivity index (χ4n) is 3.08. The van der Waals surface area contributed by atoms with Crippen LogP contribution in [0.25, 0.3) is 17.1 Å². The van der Waals surface area contributed by atoms with Gasteiger partial charge in [0, 0.05) is 16.8 Å². The summed E-state index contributed by atoms with van der Waals surface area (Å²) in [4.78, 5) is 18.2. The number of thioether (sulfide) groups is 1. The summed E-state index contributed by atoms with van der Waals surface area (Å²) in [7, 11) is 0. The summed E-state index contributed by atoms with van der Waals surface area (Å²) in [5.41, 5.74) is 3.15. The first-order valence-corrected chi connectivity index (χ1v) is 9.89. The molecule has 0 spiro atoms. The van der Waals surface area contributed by atoms with E-state index in [-0.39, 0.29) is 5.78 Å². The zero-order valence-electron chi connectivity index (χ0n) is 14.9. The number of carbonyl (C=O) groups is 1. The third kappa shape index (κ3) is 3.32. The minimum absolute atomic E-state index is 0.0292. The minimum atomic E-state index is -0.0292. The van der Waals surface area contributed by atoms with Crippen LogP contribution in [0.2, 0.25) is 0 Å². The first-order chi connectivity index (χ1) is 13.3. The van der Waals surface area contributed by atoms with Crippen LogP contribution in [0.5, 0.6) is 0 Å². The van der Waals surface area contributed by atoms with Crippen LogP contribution >= 0.6 is 11.8 Å². The summed E-state index contributed by atoms with van der Waals surface area (Å²) in [6.45, 7) is 0. The maximum absolute atomic E-state index is 13.4. The van der Waals surface area contributed by atoms with Gasteiger partial charge in [0.05, 0.1) is 0 Å². The molecule has 3 nitrogen and oxygen atoms in total. The molecule has 0 aliphatic carbocycles. The van der Waals surface area contributed by atoms with Crippen LogP contribution in [-0.2, 0) is 0 Å². The van der Waals surface area contributed by atoms with Crippen molar-refractivity contribution in [1.82, 2.24) is 9.55 Å². The Hall–Kier alpha value is -3.11. The Morgan fingerprint density at radius 1 is 0.815 bits per heavy atom. The molecule has 0 saturated carbocycles. The Balaban J connectivity index is 2.00. The maximum Gasteiger partial charge on any atom is 0.212 e. The van der Waals surface area contributed by atoms with E-state index in [2.05, 4.69) is 0 Å². The van der Waals surface area contributed by atoms with E-state index in [1.54, 1.807) is 0 Å². The molecule has 0 unspecified atom stereocenters. The molecule has 0 fully saturated rings. The molecule has 1 aromatic heterocycles. The zero-order chi connectivity index (χ0) is 18.6. The van der Waals surface area contributed by atoms with E-state index in [1.807, 2.05) is 102 Å². The van der Waals surface area contributed by atoms with Crippen LogP contribution in [0, 0.1) is 0 Å². The Kier molecular flexibility index (Phi) is 4.90. The van der Waals surface area contributed by atoms with Gasteiger partial charge >= 0.3 is 0 Å². The monoisotopic (exact) mass is 370 g/mol. The summed E-state index contributed by atoms with van der Waals surface area (Å²) in [5, 5.41) is 0.728. The largest absolute Gasteiger partial charge is 0.288 e. The number of aromatic nitrogens is 2. The topological polar surface area (TPSA) is 34.9 Å². The molecule has 0 bridgehead atoms. The molecular formula is C23H18N2OS. The Morgan fingerprint density at radius 3 is 1.96 bits per heavy atom. The van der Waals surface area contributed by atoms with Gasteiger partial charge in [0.1, 0.15) is 16.5 Å². The van der Waals surface area contributed by atoms with E-state index in [0.29, 0.717) is 11.3 Å². The second-order valence-electron chi connectivity index (χ2n) is 6.03. The first kappa shape index (κ1) is 17.3. The molecule has 132 valence electrons. The van der Waals surface area contributed by atoms with Gasteiger partial charge in [-0.25, -0.2) is 4.98 Å². The molecule has 0 radical (unpaired) electrons. The van der Waals surface area contributed by atoms with Gasteiger partial charge in [0.15, 0.2) is 0 Å². The molecule has 27 heavy (non-hydrogen) atoms. The lowest BCUT2D eigenvalue weighted by Crippen LogP contribution is -2.11. The lowest BCUT2D eigenvalue weighted by Gasteiger charge is -2.12. The van der Waals surface area contributed by atoms with E-state index < -0.39 is 0 Å². The lowest BCUT2D eigenvalue weighted by molar-refractivity contribution is 0.102. The van der Waals surface area contributed by atoms with Crippen LogP contribution in [0.15, 0.2) is 96.0 Å². The van der Waals surface area contributed by atoms with Crippen molar-refractivity contribution in [2.45, 2.75) is 5.03 Å². The van der Waals surface area contributed by atoms with Crippen molar-refractivity contribution in [2.75, 3.05) is 6.26 Å². The summed E-state index contributed by atoms with van der Waals surface area (Å²) in [6.07, 6.45) is 1.95. The van der Waals surface area contributed by atoms with Gasteiger partial charge in [-0.3, -0.25) is 9.36 Å². The molecule has 4 aromatic rings. The highest BCUT2D eigenvalue weighted by Gasteiger charge is 2.25. The van der Waals surface area contributed by atoms with E-state index in [0.717, 1.165) is 22.1 Å². The maximum atomic E-state index is 13.4. The molecule has 4 heteroatoms. The summed E-state index contributed by atoms with van der Waals surface area (Å²) in [5.74, 6) is 0.740. The van der Waals surface area contributed by atoms with Gasteiger partial charge in [-0.15, -0.1) is 11.8 Å². The van der Waals surface area contributed by atoms with Crippen LogP contribution in [0.3, 0.4) is 0 Å². The molecule has 0 aliphatic heterocycles. The van der Waals surface area contributed by atoms with E-state index in [1.165, 1.54) is 11.8 Å². The molecule has 3 aromatic carbocycles. The number of rotatable bonds is 5. The summed E-state index contributed by atoms with van der Waals surface area (Å²) in [6, 6.07) is 29.3. The number of imidazole rings is 1. The van der Waals surface area contributed by atoms with Crippen molar-refractivity contribution >= 4 is 17.5 Å². The first-order valence-electron chi connectivity index (χ1n) is 8.67. The second-order valence-corrected chi connectivity index (χ2v) is 6.82. The highest BCUT2D eigenvalue weighted by molar-refractivity contribution is 7.98. The number of para-hydroxylation sites is 1. The molecule has 0 N–H and O–H groups in total. The predicted molar refractivity (Wildman–Crippen MR) is 111 cm³/mol. The van der Waals surface area contributed by atoms with E-state index in [9.17, 15) is 4.79 Å². The lowest BCUT2D eigenvalue weighted by atomic mass is 10.1. The summed E-state index contributed by atoms with van der Waals surface area (Å²) >= 11 is 1.49. The van der Waals surface area contributed by atoms with Gasteiger partial charge in [-0.05, 0) is 18.4 Å². The third-order valence-corrected chi connectivity index (χ3v) is 5.01. The molecule has 0 amide bonds. The Labute approximate surface area is 162 Å². The second kappa shape index (κ2) is 7.64. The number of carbonyl (C=O) groups excluding carboxylic acids is 1. The number of nitrogens with zero attached hydrogens (tertiary/aromatic N) is 2. The predicted octanol–water partition coefficient (Wildman–Crippen LogP) is 5.49. The van der Waals surface area contributed by atoms with Crippen LogP contribution < -0.4 is 0 Å². The average Bonchev–Trinajstić information content (AvgIpc) is 3.15. The Morgan fingerprint density at radius 2 is 1.37 bits per heavy atom. The third-order valence-electron chi connectivity index (χ3n) is 4.34. The summed E-state index contributed by atoms with van der Waals surface area (Å²) < 4.78 is 1.97. The van der Waals surface area contributed by atoms with Gasteiger partial charge in [0.2, 0.25) is 5.78 Å². The van der Waals surface area contributed by atoms with Crippen LogP contribution in [-0.4, -0.2) is 21.6 Å². The quantitative estimate of drug-likeness (QED) is 0.344. The van der Waals surface area contributed by atoms with Crippen molar-refractivity contribution in [3.8, 4) is 17.1 Å².